The molecule has 1 aromatic heterocycles. The molecule has 1 aromatic rings. The van der Waals surface area contributed by atoms with E-state index < -0.39 is 11.7 Å². The van der Waals surface area contributed by atoms with Gasteiger partial charge in [-0.1, -0.05) is 0 Å². The fourth-order valence-electron chi connectivity index (χ4n) is 1.81. The fourth-order valence-corrected chi connectivity index (χ4v) is 1.81. The first-order valence-corrected chi connectivity index (χ1v) is 5.51. The van der Waals surface area contributed by atoms with Crippen LogP contribution in [0, 0.1) is 0 Å². The lowest BCUT2D eigenvalue weighted by Crippen LogP contribution is -2.44. The lowest BCUT2D eigenvalue weighted by atomic mass is 10.2. The lowest BCUT2D eigenvalue weighted by Gasteiger charge is -2.33. The maximum absolute atomic E-state index is 12.6. The minimum absolute atomic E-state index is 0.157. The Morgan fingerprint density at radius 3 is 2.94 bits per heavy atom. The topological polar surface area (TPSA) is 45.6 Å². The van der Waals surface area contributed by atoms with Gasteiger partial charge in [0.05, 0.1) is 24.9 Å². The van der Waals surface area contributed by atoms with Gasteiger partial charge in [0.25, 0.3) is 0 Å². The zero-order chi connectivity index (χ0) is 13.2. The quantitative estimate of drug-likeness (QED) is 0.872. The molecule has 7 heteroatoms. The first kappa shape index (κ1) is 13.1. The number of anilines is 1. The highest BCUT2D eigenvalue weighted by Gasteiger charge is 2.31. The zero-order valence-corrected chi connectivity index (χ0v) is 9.52. The van der Waals surface area contributed by atoms with Crippen LogP contribution in [0.5, 0.6) is 0 Å². The molecule has 4 nitrogen and oxygen atoms in total. The molecular weight excluding hydrogens is 249 g/mol. The van der Waals surface area contributed by atoms with Crippen molar-refractivity contribution in [2.75, 3.05) is 31.2 Å². The van der Waals surface area contributed by atoms with Gasteiger partial charge in [0.2, 0.25) is 0 Å². The van der Waals surface area contributed by atoms with Crippen LogP contribution in [0.15, 0.2) is 18.3 Å². The molecule has 0 radical (unpaired) electrons. The average molecular weight is 262 g/mol. The summed E-state index contributed by atoms with van der Waals surface area (Å²) < 4.78 is 42.9. The highest BCUT2D eigenvalue weighted by Crippen LogP contribution is 2.30. The Kier molecular flexibility index (Phi) is 3.72. The van der Waals surface area contributed by atoms with E-state index in [0.717, 1.165) is 18.3 Å². The predicted octanol–water partition coefficient (Wildman–Crippen LogP) is 1.30. The number of pyridine rings is 1. The van der Waals surface area contributed by atoms with E-state index in [0.29, 0.717) is 19.7 Å². The molecule has 0 aromatic carbocycles. The molecule has 2 rings (SSSR count). The van der Waals surface area contributed by atoms with Crippen LogP contribution in [-0.4, -0.2) is 42.5 Å². The SMILES string of the molecule is OCC1CN(c2cc(C(F)(F)F)ccn2)CCO1. The standard InChI is InChI=1S/C11H13F3N2O2/c12-11(13,14)8-1-2-15-10(5-8)16-3-4-18-9(6-16)7-17/h1-2,5,9,17H,3-4,6-7H2. The van der Waals surface area contributed by atoms with Crippen LogP contribution >= 0.6 is 0 Å². The van der Waals surface area contributed by atoms with Gasteiger partial charge in [0, 0.05) is 19.3 Å². The van der Waals surface area contributed by atoms with Gasteiger partial charge in [-0.05, 0) is 12.1 Å². The lowest BCUT2D eigenvalue weighted by molar-refractivity contribution is -0.137. The van der Waals surface area contributed by atoms with Gasteiger partial charge in [0.1, 0.15) is 5.82 Å². The molecule has 1 N–H and O–H groups in total. The molecule has 0 bridgehead atoms. The first-order chi connectivity index (χ1) is 8.50. The van der Waals surface area contributed by atoms with Crippen molar-refractivity contribution in [3.63, 3.8) is 0 Å². The van der Waals surface area contributed by atoms with Crippen LogP contribution in [0.25, 0.3) is 0 Å². The van der Waals surface area contributed by atoms with Crippen molar-refractivity contribution in [2.45, 2.75) is 12.3 Å². The van der Waals surface area contributed by atoms with E-state index in [-0.39, 0.29) is 18.5 Å². The monoisotopic (exact) mass is 262 g/mol. The summed E-state index contributed by atoms with van der Waals surface area (Å²) in [5.41, 5.74) is -0.723. The van der Waals surface area contributed by atoms with Gasteiger partial charge in [-0.2, -0.15) is 13.2 Å². The minimum atomic E-state index is -4.37. The van der Waals surface area contributed by atoms with Crippen LogP contribution in [0.1, 0.15) is 5.56 Å². The Hall–Kier alpha value is -1.34. The van der Waals surface area contributed by atoms with E-state index in [1.165, 1.54) is 0 Å². The number of hydrogen-bond acceptors (Lipinski definition) is 4. The molecular formula is C11H13F3N2O2. The maximum atomic E-state index is 12.6. The van der Waals surface area contributed by atoms with Crippen molar-refractivity contribution < 1.29 is 23.0 Å². The van der Waals surface area contributed by atoms with Crippen molar-refractivity contribution in [3.8, 4) is 0 Å². The van der Waals surface area contributed by atoms with Crippen molar-refractivity contribution >= 4 is 5.82 Å². The normalized spacial score (nSPS) is 21.1. The second kappa shape index (κ2) is 5.11. The number of nitrogens with zero attached hydrogens (tertiary/aromatic N) is 2. The second-order valence-corrected chi connectivity index (χ2v) is 4.02. The van der Waals surface area contributed by atoms with Crippen LogP contribution < -0.4 is 4.90 Å². The largest absolute Gasteiger partial charge is 0.416 e. The van der Waals surface area contributed by atoms with Crippen molar-refractivity contribution in [1.82, 2.24) is 4.98 Å². The highest BCUT2D eigenvalue weighted by molar-refractivity contribution is 5.42. The molecule has 2 heterocycles. The Labute approximate surface area is 102 Å². The van der Waals surface area contributed by atoms with E-state index in [2.05, 4.69) is 4.98 Å². The van der Waals surface area contributed by atoms with Gasteiger partial charge >= 0.3 is 6.18 Å². The fraction of sp³-hybridized carbons (Fsp3) is 0.545. The summed E-state index contributed by atoms with van der Waals surface area (Å²) in [6, 6.07) is 1.95. The third-order valence-corrected chi connectivity index (χ3v) is 2.74. The van der Waals surface area contributed by atoms with Crippen LogP contribution in [0.2, 0.25) is 0 Å². The molecule has 0 saturated carbocycles. The molecule has 1 saturated heterocycles. The van der Waals surface area contributed by atoms with E-state index in [1.54, 1.807) is 4.90 Å². The number of aromatic nitrogens is 1. The third-order valence-electron chi connectivity index (χ3n) is 2.74. The predicted molar refractivity (Wildman–Crippen MR) is 58.3 cm³/mol. The molecule has 0 amide bonds. The van der Waals surface area contributed by atoms with E-state index in [1.807, 2.05) is 0 Å². The Bertz CT molecular complexity index is 412. The van der Waals surface area contributed by atoms with Crippen molar-refractivity contribution in [3.05, 3.63) is 23.9 Å². The molecule has 1 aliphatic rings. The summed E-state index contributed by atoms with van der Waals surface area (Å²) in [7, 11) is 0. The Morgan fingerprint density at radius 1 is 1.50 bits per heavy atom. The molecule has 1 aliphatic heterocycles. The van der Waals surface area contributed by atoms with E-state index in [4.69, 9.17) is 9.84 Å². The average Bonchev–Trinajstić information content (AvgIpc) is 2.38. The van der Waals surface area contributed by atoms with Gasteiger partial charge in [-0.15, -0.1) is 0 Å². The summed E-state index contributed by atoms with van der Waals surface area (Å²) in [6.45, 7) is 1.01. The summed E-state index contributed by atoms with van der Waals surface area (Å²) in [4.78, 5) is 5.61. The third kappa shape index (κ3) is 2.91. The number of aliphatic hydroxyl groups is 1. The number of hydrogen-bond donors (Lipinski definition) is 1. The molecule has 1 fully saturated rings. The highest BCUT2D eigenvalue weighted by atomic mass is 19.4. The number of morpholine rings is 1. The summed E-state index contributed by atoms with van der Waals surface area (Å²) in [5.74, 6) is 0.256. The minimum Gasteiger partial charge on any atom is -0.394 e. The van der Waals surface area contributed by atoms with Crippen molar-refractivity contribution in [1.29, 1.82) is 0 Å². The van der Waals surface area contributed by atoms with Gasteiger partial charge < -0.3 is 14.7 Å². The van der Waals surface area contributed by atoms with Gasteiger partial charge in [-0.3, -0.25) is 0 Å². The first-order valence-electron chi connectivity index (χ1n) is 5.51. The summed E-state index contributed by atoms with van der Waals surface area (Å²) >= 11 is 0. The molecule has 18 heavy (non-hydrogen) atoms. The molecule has 100 valence electrons. The maximum Gasteiger partial charge on any atom is 0.416 e. The molecule has 0 aliphatic carbocycles. The van der Waals surface area contributed by atoms with Crippen LogP contribution in [-0.2, 0) is 10.9 Å². The van der Waals surface area contributed by atoms with Gasteiger partial charge in [0.15, 0.2) is 0 Å². The molecule has 1 unspecified atom stereocenters. The summed E-state index contributed by atoms with van der Waals surface area (Å²) in [5, 5.41) is 8.99. The number of rotatable bonds is 2. The summed E-state index contributed by atoms with van der Waals surface area (Å²) in [6.07, 6.45) is -3.61. The van der Waals surface area contributed by atoms with Crippen LogP contribution in [0.3, 0.4) is 0 Å². The number of aliphatic hydroxyl groups excluding tert-OH is 1. The van der Waals surface area contributed by atoms with E-state index >= 15 is 0 Å². The number of halogens is 3. The molecule has 1 atom stereocenters. The Morgan fingerprint density at radius 2 is 2.28 bits per heavy atom. The smallest absolute Gasteiger partial charge is 0.394 e. The second-order valence-electron chi connectivity index (χ2n) is 4.02. The Balaban J connectivity index is 2.18. The van der Waals surface area contributed by atoms with E-state index in [9.17, 15) is 13.2 Å². The van der Waals surface area contributed by atoms with Gasteiger partial charge in [-0.25, -0.2) is 4.98 Å². The number of alkyl halides is 3. The van der Waals surface area contributed by atoms with Crippen LogP contribution in [0.4, 0.5) is 19.0 Å². The zero-order valence-electron chi connectivity index (χ0n) is 9.52. The molecule has 0 spiro atoms. The number of ether oxygens (including phenoxy) is 1. The van der Waals surface area contributed by atoms with Crippen molar-refractivity contribution in [2.24, 2.45) is 0 Å².